The van der Waals surface area contributed by atoms with Crippen molar-refractivity contribution in [1.29, 1.82) is 0 Å². The van der Waals surface area contributed by atoms with E-state index in [9.17, 15) is 4.79 Å². The topological polar surface area (TPSA) is 58.9 Å². The SMILES string of the molecule is C=CCO/N=C(\C)C(=O)O. The fourth-order valence-electron chi connectivity index (χ4n) is 0.226. The van der Waals surface area contributed by atoms with Crippen LogP contribution in [0.2, 0.25) is 0 Å². The van der Waals surface area contributed by atoms with Gasteiger partial charge in [-0.1, -0.05) is 17.8 Å². The number of carboxylic acid groups (broad SMARTS) is 1. The highest BCUT2D eigenvalue weighted by Gasteiger charge is 2.00. The second-order valence-corrected chi connectivity index (χ2v) is 1.57. The van der Waals surface area contributed by atoms with Crippen molar-refractivity contribution in [3.63, 3.8) is 0 Å². The average molecular weight is 143 g/mol. The van der Waals surface area contributed by atoms with Gasteiger partial charge in [-0.2, -0.15) is 0 Å². The van der Waals surface area contributed by atoms with Gasteiger partial charge in [-0.05, 0) is 6.92 Å². The van der Waals surface area contributed by atoms with Crippen LogP contribution in [0, 0.1) is 0 Å². The van der Waals surface area contributed by atoms with Gasteiger partial charge < -0.3 is 9.94 Å². The van der Waals surface area contributed by atoms with E-state index in [1.165, 1.54) is 13.0 Å². The van der Waals surface area contributed by atoms with Crippen molar-refractivity contribution in [2.75, 3.05) is 6.61 Å². The van der Waals surface area contributed by atoms with Crippen molar-refractivity contribution in [2.24, 2.45) is 5.16 Å². The molecule has 0 aliphatic heterocycles. The zero-order valence-corrected chi connectivity index (χ0v) is 5.70. The van der Waals surface area contributed by atoms with Crippen LogP contribution in [0.4, 0.5) is 0 Å². The first-order valence-corrected chi connectivity index (χ1v) is 2.69. The maximum absolute atomic E-state index is 10.1. The van der Waals surface area contributed by atoms with Crippen LogP contribution in [0.1, 0.15) is 6.92 Å². The van der Waals surface area contributed by atoms with Crippen LogP contribution in [0.15, 0.2) is 17.8 Å². The number of rotatable bonds is 4. The molecule has 0 atom stereocenters. The standard InChI is InChI=1S/C6H9NO3/c1-3-4-10-7-5(2)6(8)9/h3H,1,4H2,2H3,(H,8,9)/b7-5+. The number of carboxylic acids is 1. The predicted octanol–water partition coefficient (Wildman–Crippen LogP) is 0.649. The molecule has 0 heterocycles. The average Bonchev–Trinajstić information content (AvgIpc) is 1.88. The number of aliphatic carboxylic acids is 1. The molecule has 0 bridgehead atoms. The van der Waals surface area contributed by atoms with Crippen LogP contribution in [0.25, 0.3) is 0 Å². The van der Waals surface area contributed by atoms with E-state index >= 15 is 0 Å². The highest BCUT2D eigenvalue weighted by atomic mass is 16.6. The fraction of sp³-hybridized carbons (Fsp3) is 0.333. The summed E-state index contributed by atoms with van der Waals surface area (Å²) in [4.78, 5) is 14.6. The van der Waals surface area contributed by atoms with Crippen LogP contribution in [0.5, 0.6) is 0 Å². The molecule has 1 N–H and O–H groups in total. The van der Waals surface area contributed by atoms with Gasteiger partial charge in [0, 0.05) is 0 Å². The van der Waals surface area contributed by atoms with Crippen LogP contribution >= 0.6 is 0 Å². The summed E-state index contributed by atoms with van der Waals surface area (Å²) in [6.45, 7) is 4.94. The minimum absolute atomic E-state index is 0.0677. The molecule has 0 aliphatic carbocycles. The quantitative estimate of drug-likeness (QED) is 0.272. The van der Waals surface area contributed by atoms with Crippen molar-refractivity contribution >= 4 is 11.7 Å². The van der Waals surface area contributed by atoms with Crippen molar-refractivity contribution in [1.82, 2.24) is 0 Å². The zero-order valence-electron chi connectivity index (χ0n) is 5.70. The van der Waals surface area contributed by atoms with Crippen LogP contribution in [0.3, 0.4) is 0 Å². The Bertz CT molecular complexity index is 162. The Morgan fingerprint density at radius 2 is 2.50 bits per heavy atom. The second kappa shape index (κ2) is 4.55. The Kier molecular flexibility index (Phi) is 3.95. The second-order valence-electron chi connectivity index (χ2n) is 1.57. The molecule has 0 fully saturated rings. The molecule has 0 rings (SSSR count). The number of carbonyl (C=O) groups is 1. The lowest BCUT2D eigenvalue weighted by Crippen LogP contribution is -2.08. The Morgan fingerprint density at radius 3 is 2.90 bits per heavy atom. The molecular weight excluding hydrogens is 134 g/mol. The van der Waals surface area contributed by atoms with E-state index < -0.39 is 5.97 Å². The number of oxime groups is 1. The first kappa shape index (κ1) is 8.68. The van der Waals surface area contributed by atoms with E-state index in [1.807, 2.05) is 0 Å². The molecule has 10 heavy (non-hydrogen) atoms. The Hall–Kier alpha value is -1.32. The first-order chi connectivity index (χ1) is 4.68. The van der Waals surface area contributed by atoms with Gasteiger partial charge in [-0.25, -0.2) is 4.79 Å². The summed E-state index contributed by atoms with van der Waals surface area (Å²) >= 11 is 0. The normalized spacial score (nSPS) is 10.7. The van der Waals surface area contributed by atoms with E-state index in [0.29, 0.717) is 0 Å². The Balaban J connectivity index is 3.68. The van der Waals surface area contributed by atoms with Gasteiger partial charge in [0.2, 0.25) is 0 Å². The van der Waals surface area contributed by atoms with Gasteiger partial charge in [0.1, 0.15) is 6.61 Å². The van der Waals surface area contributed by atoms with Crippen LogP contribution in [-0.2, 0) is 9.63 Å². The molecule has 0 radical (unpaired) electrons. The maximum Gasteiger partial charge on any atom is 0.353 e. The fourth-order valence-corrected chi connectivity index (χ4v) is 0.226. The van der Waals surface area contributed by atoms with Gasteiger partial charge in [0.25, 0.3) is 0 Å². The van der Waals surface area contributed by atoms with E-state index in [1.54, 1.807) is 0 Å². The van der Waals surface area contributed by atoms with E-state index in [4.69, 9.17) is 5.11 Å². The predicted molar refractivity (Wildman–Crippen MR) is 36.9 cm³/mol. The molecule has 0 saturated heterocycles. The lowest BCUT2D eigenvalue weighted by Gasteiger charge is -1.92. The molecule has 0 unspecified atom stereocenters. The minimum atomic E-state index is -1.08. The Labute approximate surface area is 58.8 Å². The van der Waals surface area contributed by atoms with E-state index in [-0.39, 0.29) is 12.3 Å². The van der Waals surface area contributed by atoms with Gasteiger partial charge in [-0.15, -0.1) is 0 Å². The number of hydrogen-bond donors (Lipinski definition) is 1. The molecule has 0 aliphatic rings. The minimum Gasteiger partial charge on any atom is -0.477 e. The molecule has 0 aromatic heterocycles. The third-order valence-corrected chi connectivity index (χ3v) is 0.703. The molecule has 0 amide bonds. The van der Waals surface area contributed by atoms with Crippen LogP contribution < -0.4 is 0 Å². The molecule has 0 saturated carbocycles. The summed E-state index contributed by atoms with van der Waals surface area (Å²) in [7, 11) is 0. The van der Waals surface area contributed by atoms with E-state index in [0.717, 1.165) is 0 Å². The Morgan fingerprint density at radius 1 is 1.90 bits per heavy atom. The lowest BCUT2D eigenvalue weighted by atomic mass is 10.4. The number of hydrogen-bond acceptors (Lipinski definition) is 3. The maximum atomic E-state index is 10.1. The molecule has 0 aromatic rings. The van der Waals surface area contributed by atoms with E-state index in [2.05, 4.69) is 16.6 Å². The molecule has 0 spiro atoms. The summed E-state index contributed by atoms with van der Waals surface area (Å²) < 4.78 is 0. The van der Waals surface area contributed by atoms with Crippen molar-refractivity contribution in [3.8, 4) is 0 Å². The molecule has 0 aromatic carbocycles. The summed E-state index contributed by atoms with van der Waals surface area (Å²) in [5, 5.41) is 11.5. The lowest BCUT2D eigenvalue weighted by molar-refractivity contribution is -0.129. The third kappa shape index (κ3) is 3.65. The summed E-state index contributed by atoms with van der Waals surface area (Å²) in [5.41, 5.74) is -0.0677. The third-order valence-electron chi connectivity index (χ3n) is 0.703. The van der Waals surface area contributed by atoms with Crippen molar-refractivity contribution < 1.29 is 14.7 Å². The number of nitrogens with zero attached hydrogens (tertiary/aromatic N) is 1. The van der Waals surface area contributed by atoms with Crippen LogP contribution in [-0.4, -0.2) is 23.4 Å². The highest BCUT2D eigenvalue weighted by molar-refractivity contribution is 6.34. The van der Waals surface area contributed by atoms with Gasteiger partial charge in [-0.3, -0.25) is 0 Å². The van der Waals surface area contributed by atoms with Gasteiger partial charge >= 0.3 is 5.97 Å². The molecule has 4 heteroatoms. The van der Waals surface area contributed by atoms with Gasteiger partial charge in [0.05, 0.1) is 0 Å². The summed E-state index contributed by atoms with van der Waals surface area (Å²) in [6, 6.07) is 0. The summed E-state index contributed by atoms with van der Waals surface area (Å²) in [6.07, 6.45) is 1.48. The van der Waals surface area contributed by atoms with Gasteiger partial charge in [0.15, 0.2) is 5.71 Å². The largest absolute Gasteiger partial charge is 0.477 e. The zero-order chi connectivity index (χ0) is 7.98. The summed E-state index contributed by atoms with van der Waals surface area (Å²) in [5.74, 6) is -1.08. The molecule has 56 valence electrons. The molecular formula is C6H9NO3. The smallest absolute Gasteiger partial charge is 0.353 e. The molecule has 4 nitrogen and oxygen atoms in total. The first-order valence-electron chi connectivity index (χ1n) is 2.69. The van der Waals surface area contributed by atoms with Crippen molar-refractivity contribution in [2.45, 2.75) is 6.92 Å². The van der Waals surface area contributed by atoms with Crippen molar-refractivity contribution in [3.05, 3.63) is 12.7 Å². The highest BCUT2D eigenvalue weighted by Crippen LogP contribution is 1.81. The monoisotopic (exact) mass is 143 g/mol.